The van der Waals surface area contributed by atoms with Crippen LogP contribution in [0, 0.1) is 5.82 Å². The molecular formula is C17H22FIN4OS. The van der Waals surface area contributed by atoms with Crippen molar-refractivity contribution in [2.75, 3.05) is 25.6 Å². The highest BCUT2D eigenvalue weighted by Crippen LogP contribution is 2.20. The molecule has 0 unspecified atom stereocenters. The molecule has 2 aromatic rings. The summed E-state index contributed by atoms with van der Waals surface area (Å²) in [5.74, 6) is 2.48. The van der Waals surface area contributed by atoms with Crippen LogP contribution in [-0.2, 0) is 6.54 Å². The fourth-order valence-electron chi connectivity index (χ4n) is 1.92. The maximum Gasteiger partial charge on any atom is 0.219 e. The van der Waals surface area contributed by atoms with E-state index in [4.69, 9.17) is 4.74 Å². The Morgan fingerprint density at radius 3 is 2.68 bits per heavy atom. The molecule has 0 saturated heterocycles. The van der Waals surface area contributed by atoms with Gasteiger partial charge in [0.25, 0.3) is 0 Å². The van der Waals surface area contributed by atoms with Gasteiger partial charge in [0.2, 0.25) is 5.88 Å². The normalized spacial score (nSPS) is 10.8. The number of pyridine rings is 1. The minimum Gasteiger partial charge on any atom is -0.439 e. The summed E-state index contributed by atoms with van der Waals surface area (Å²) in [6.45, 7) is 1.46. The number of aliphatic imine (C=N–C) groups is 1. The van der Waals surface area contributed by atoms with Gasteiger partial charge in [0.1, 0.15) is 11.6 Å². The van der Waals surface area contributed by atoms with Crippen LogP contribution >= 0.6 is 35.7 Å². The second-order valence-electron chi connectivity index (χ2n) is 4.90. The molecule has 0 amide bonds. The van der Waals surface area contributed by atoms with Crippen molar-refractivity contribution in [3.63, 3.8) is 0 Å². The Morgan fingerprint density at radius 1 is 1.24 bits per heavy atom. The summed E-state index contributed by atoms with van der Waals surface area (Å²) in [6.07, 6.45) is 3.75. The van der Waals surface area contributed by atoms with Crippen LogP contribution in [0.25, 0.3) is 0 Å². The molecule has 0 fully saturated rings. The molecular weight excluding hydrogens is 454 g/mol. The van der Waals surface area contributed by atoms with E-state index in [2.05, 4.69) is 26.9 Å². The molecule has 8 heteroatoms. The number of ether oxygens (including phenoxy) is 1. The third-order valence-electron chi connectivity index (χ3n) is 3.12. The van der Waals surface area contributed by atoms with E-state index < -0.39 is 0 Å². The Kier molecular flexibility index (Phi) is 10.2. The summed E-state index contributed by atoms with van der Waals surface area (Å²) in [7, 11) is 1.74. The lowest BCUT2D eigenvalue weighted by Crippen LogP contribution is -2.37. The van der Waals surface area contributed by atoms with Crippen molar-refractivity contribution in [1.29, 1.82) is 0 Å². The van der Waals surface area contributed by atoms with Crippen LogP contribution in [0.15, 0.2) is 47.6 Å². The number of hydrogen-bond donors (Lipinski definition) is 2. The molecule has 0 aliphatic heterocycles. The first-order chi connectivity index (χ1) is 11.7. The van der Waals surface area contributed by atoms with Crippen molar-refractivity contribution >= 4 is 41.7 Å². The van der Waals surface area contributed by atoms with Crippen molar-refractivity contribution in [3.05, 3.63) is 54.0 Å². The van der Waals surface area contributed by atoms with E-state index in [-0.39, 0.29) is 29.8 Å². The van der Waals surface area contributed by atoms with Gasteiger partial charge in [-0.15, -0.1) is 24.0 Å². The van der Waals surface area contributed by atoms with Crippen molar-refractivity contribution in [3.8, 4) is 11.6 Å². The lowest BCUT2D eigenvalue weighted by atomic mass is 10.2. The van der Waals surface area contributed by atoms with Crippen molar-refractivity contribution in [2.24, 2.45) is 4.99 Å². The zero-order valence-electron chi connectivity index (χ0n) is 14.2. The molecule has 2 rings (SSSR count). The van der Waals surface area contributed by atoms with Crippen molar-refractivity contribution < 1.29 is 9.13 Å². The van der Waals surface area contributed by atoms with E-state index in [9.17, 15) is 4.39 Å². The number of nitrogens with one attached hydrogen (secondary N) is 2. The van der Waals surface area contributed by atoms with E-state index >= 15 is 0 Å². The van der Waals surface area contributed by atoms with E-state index in [1.54, 1.807) is 37.1 Å². The predicted molar refractivity (Wildman–Crippen MR) is 113 cm³/mol. The smallest absolute Gasteiger partial charge is 0.219 e. The van der Waals surface area contributed by atoms with Gasteiger partial charge in [-0.05, 0) is 42.2 Å². The lowest BCUT2D eigenvalue weighted by Gasteiger charge is -2.12. The number of halogens is 2. The monoisotopic (exact) mass is 476 g/mol. The molecule has 1 heterocycles. The zero-order chi connectivity index (χ0) is 17.2. The first-order valence-corrected chi connectivity index (χ1v) is 8.92. The zero-order valence-corrected chi connectivity index (χ0v) is 17.3. The van der Waals surface area contributed by atoms with E-state index in [0.717, 1.165) is 23.8 Å². The standard InChI is InChI=1S/C17H21FN4OS.HI/c1-19-17(21-9-10-24-2)22-12-13-7-8-20-16(11-13)23-15-5-3-14(18)4-6-15;/h3-8,11H,9-10,12H2,1-2H3,(H2,19,21,22);1H. The van der Waals surface area contributed by atoms with Crippen molar-refractivity contribution in [1.82, 2.24) is 15.6 Å². The van der Waals surface area contributed by atoms with E-state index in [1.807, 2.05) is 12.1 Å². The number of aromatic nitrogens is 1. The summed E-state index contributed by atoms with van der Waals surface area (Å²) in [6, 6.07) is 9.58. The highest BCUT2D eigenvalue weighted by atomic mass is 127. The van der Waals surface area contributed by atoms with Crippen LogP contribution in [-0.4, -0.2) is 36.5 Å². The number of rotatable bonds is 7. The maximum absolute atomic E-state index is 12.9. The topological polar surface area (TPSA) is 58.5 Å². The highest BCUT2D eigenvalue weighted by molar-refractivity contribution is 14.0. The average Bonchev–Trinajstić information content (AvgIpc) is 2.60. The Morgan fingerprint density at radius 2 is 2.00 bits per heavy atom. The second kappa shape index (κ2) is 11.9. The van der Waals surface area contributed by atoms with Crippen LogP contribution in [0.2, 0.25) is 0 Å². The van der Waals surface area contributed by atoms with E-state index in [0.29, 0.717) is 18.2 Å². The Balaban J connectivity index is 0.00000312. The summed E-state index contributed by atoms with van der Waals surface area (Å²) < 4.78 is 18.5. The van der Waals surface area contributed by atoms with Crippen LogP contribution in [0.4, 0.5) is 4.39 Å². The van der Waals surface area contributed by atoms with E-state index in [1.165, 1.54) is 12.1 Å². The van der Waals surface area contributed by atoms with Crippen LogP contribution in [0.3, 0.4) is 0 Å². The Labute approximate surface area is 168 Å². The molecule has 0 radical (unpaired) electrons. The Bertz CT molecular complexity index is 670. The summed E-state index contributed by atoms with van der Waals surface area (Å²) in [5.41, 5.74) is 1.01. The second-order valence-corrected chi connectivity index (χ2v) is 5.89. The third kappa shape index (κ3) is 7.91. The molecule has 0 saturated carbocycles. The first kappa shape index (κ1) is 21.5. The molecule has 0 spiro atoms. The molecule has 0 aliphatic rings. The number of thioether (sulfide) groups is 1. The third-order valence-corrected chi connectivity index (χ3v) is 3.73. The number of hydrogen-bond acceptors (Lipinski definition) is 4. The molecule has 25 heavy (non-hydrogen) atoms. The molecule has 5 nitrogen and oxygen atoms in total. The van der Waals surface area contributed by atoms with Crippen molar-refractivity contribution in [2.45, 2.75) is 6.54 Å². The molecule has 1 aromatic carbocycles. The lowest BCUT2D eigenvalue weighted by molar-refractivity contribution is 0.460. The Hall–Kier alpha value is -1.55. The molecule has 1 aromatic heterocycles. The number of guanidine groups is 1. The molecule has 2 N–H and O–H groups in total. The quantitative estimate of drug-likeness (QED) is 0.277. The predicted octanol–water partition coefficient (Wildman–Crippen LogP) is 3.66. The summed E-state index contributed by atoms with van der Waals surface area (Å²) >= 11 is 1.78. The van der Waals surface area contributed by atoms with Gasteiger partial charge in [-0.1, -0.05) is 0 Å². The van der Waals surface area contributed by atoms with Gasteiger partial charge in [-0.2, -0.15) is 11.8 Å². The van der Waals surface area contributed by atoms with Gasteiger partial charge in [-0.3, -0.25) is 4.99 Å². The largest absolute Gasteiger partial charge is 0.439 e. The molecule has 0 aliphatic carbocycles. The van der Waals surface area contributed by atoms with Crippen LogP contribution < -0.4 is 15.4 Å². The molecule has 0 bridgehead atoms. The fourth-order valence-corrected chi connectivity index (χ4v) is 2.22. The summed E-state index contributed by atoms with van der Waals surface area (Å²) in [4.78, 5) is 8.35. The molecule has 136 valence electrons. The molecule has 0 atom stereocenters. The van der Waals surface area contributed by atoms with Gasteiger partial charge in [-0.25, -0.2) is 9.37 Å². The van der Waals surface area contributed by atoms with Gasteiger partial charge >= 0.3 is 0 Å². The number of nitrogens with zero attached hydrogens (tertiary/aromatic N) is 2. The minimum absolute atomic E-state index is 0. The highest BCUT2D eigenvalue weighted by Gasteiger charge is 2.03. The van der Waals surface area contributed by atoms with Gasteiger partial charge in [0.05, 0.1) is 0 Å². The number of benzene rings is 1. The first-order valence-electron chi connectivity index (χ1n) is 7.53. The SMILES string of the molecule is CN=C(NCCSC)NCc1ccnc(Oc2ccc(F)cc2)c1.I. The minimum atomic E-state index is -0.298. The van der Waals surface area contributed by atoms with Crippen LogP contribution in [0.1, 0.15) is 5.56 Å². The maximum atomic E-state index is 12.9. The van der Waals surface area contributed by atoms with Gasteiger partial charge in [0.15, 0.2) is 5.96 Å². The van der Waals surface area contributed by atoms with Gasteiger partial charge in [0, 0.05) is 38.2 Å². The van der Waals surface area contributed by atoms with Gasteiger partial charge < -0.3 is 15.4 Å². The average molecular weight is 476 g/mol. The van der Waals surface area contributed by atoms with Crippen LogP contribution in [0.5, 0.6) is 11.6 Å². The summed E-state index contributed by atoms with van der Waals surface area (Å²) in [5, 5.41) is 6.48. The fraction of sp³-hybridized carbons (Fsp3) is 0.294.